The second-order valence-corrected chi connectivity index (χ2v) is 10.6. The van der Waals surface area contributed by atoms with Crippen molar-refractivity contribution in [3.8, 4) is 0 Å². The third-order valence-corrected chi connectivity index (χ3v) is 7.94. The van der Waals surface area contributed by atoms with Gasteiger partial charge in [-0.25, -0.2) is 0 Å². The quantitative estimate of drug-likeness (QED) is 0.615. The van der Waals surface area contributed by atoms with Crippen LogP contribution in [0, 0.1) is 28.6 Å². The zero-order valence-electron chi connectivity index (χ0n) is 16.4. The highest BCUT2D eigenvalue weighted by Crippen LogP contribution is 2.56. The summed E-state index contributed by atoms with van der Waals surface area (Å²) in [5.74, 6) is 1.25. The molecule has 0 aromatic rings. The van der Waals surface area contributed by atoms with Gasteiger partial charge in [0.05, 0.1) is 19.6 Å². The van der Waals surface area contributed by atoms with Crippen LogP contribution >= 0.6 is 0 Å². The van der Waals surface area contributed by atoms with Crippen LogP contribution in [0.5, 0.6) is 0 Å². The molecule has 0 radical (unpaired) electrons. The maximum atomic E-state index is 12.7. The Bertz CT molecular complexity index is 568. The number of esters is 1. The van der Waals surface area contributed by atoms with E-state index in [2.05, 4.69) is 27.4 Å². The van der Waals surface area contributed by atoms with Crippen LogP contribution in [0.2, 0.25) is 0 Å². The summed E-state index contributed by atoms with van der Waals surface area (Å²) in [7, 11) is 0. The molecule has 6 atom stereocenters. The largest absolute Gasteiger partial charge is 0.462 e. The van der Waals surface area contributed by atoms with Gasteiger partial charge >= 0.3 is 5.97 Å². The Balaban J connectivity index is 1.49. The molecule has 1 unspecified atom stereocenters. The maximum Gasteiger partial charge on any atom is 0.315 e. The predicted molar refractivity (Wildman–Crippen MR) is 99.3 cm³/mol. The van der Waals surface area contributed by atoms with E-state index >= 15 is 0 Å². The maximum absolute atomic E-state index is 12.7. The number of piperidine rings is 1. The van der Waals surface area contributed by atoms with Crippen molar-refractivity contribution in [3.63, 3.8) is 0 Å². The van der Waals surface area contributed by atoms with Crippen LogP contribution in [-0.2, 0) is 9.53 Å². The summed E-state index contributed by atoms with van der Waals surface area (Å²) in [6.45, 7) is 15.0. The van der Waals surface area contributed by atoms with Crippen molar-refractivity contribution in [3.05, 3.63) is 12.2 Å². The van der Waals surface area contributed by atoms with Gasteiger partial charge in [-0.3, -0.25) is 4.79 Å². The van der Waals surface area contributed by atoms with Gasteiger partial charge in [-0.1, -0.05) is 32.9 Å². The second-order valence-electron chi connectivity index (χ2n) is 10.6. The summed E-state index contributed by atoms with van der Waals surface area (Å²) in [6, 6.07) is 0. The molecule has 1 N–H and O–H groups in total. The molecule has 0 bridgehead atoms. The molecule has 2 aliphatic heterocycles. The van der Waals surface area contributed by atoms with Crippen molar-refractivity contribution >= 4 is 5.97 Å². The van der Waals surface area contributed by atoms with Crippen LogP contribution in [0.3, 0.4) is 0 Å². The molecule has 0 aromatic heterocycles. The van der Waals surface area contributed by atoms with Gasteiger partial charge in [0.2, 0.25) is 0 Å². The Labute approximate surface area is 153 Å². The molecule has 2 saturated carbocycles. The summed E-state index contributed by atoms with van der Waals surface area (Å²) in [5.41, 5.74) is 2.17. The fourth-order valence-corrected chi connectivity index (χ4v) is 6.65. The third kappa shape index (κ3) is 3.18. The summed E-state index contributed by atoms with van der Waals surface area (Å²) in [4.78, 5) is 14.3. The molecular formula is C22H36NO2+. The van der Waals surface area contributed by atoms with Crippen LogP contribution in [0.1, 0.15) is 65.7 Å². The van der Waals surface area contributed by atoms with Crippen molar-refractivity contribution < 1.29 is 14.4 Å². The lowest BCUT2D eigenvalue weighted by Gasteiger charge is -2.50. The normalized spacial score (nSPS) is 46.3. The number of hydrogen-bond donors (Lipinski definition) is 1. The highest BCUT2D eigenvalue weighted by atomic mass is 16.6. The minimum Gasteiger partial charge on any atom is -0.462 e. The summed E-state index contributed by atoms with van der Waals surface area (Å²) in [6.07, 6.45) is 8.68. The van der Waals surface area contributed by atoms with Gasteiger partial charge in [0.25, 0.3) is 0 Å². The van der Waals surface area contributed by atoms with Crippen LogP contribution in [-0.4, -0.2) is 31.7 Å². The van der Waals surface area contributed by atoms with Crippen molar-refractivity contribution in [1.29, 1.82) is 0 Å². The molecule has 0 spiro atoms. The van der Waals surface area contributed by atoms with E-state index in [1.165, 1.54) is 50.8 Å². The van der Waals surface area contributed by atoms with Crippen LogP contribution in [0.4, 0.5) is 0 Å². The molecule has 25 heavy (non-hydrogen) atoms. The van der Waals surface area contributed by atoms with Crippen molar-refractivity contribution in [1.82, 2.24) is 0 Å². The zero-order chi connectivity index (χ0) is 17.8. The fourth-order valence-electron chi connectivity index (χ4n) is 6.65. The molecule has 0 aromatic carbocycles. The number of fused-ring (bicyclic) bond motifs is 2. The zero-order valence-corrected chi connectivity index (χ0v) is 16.4. The predicted octanol–water partition coefficient (Wildman–Crippen LogP) is 3.01. The van der Waals surface area contributed by atoms with Crippen LogP contribution in [0.25, 0.3) is 0 Å². The number of carbonyl (C=O) groups is 1. The van der Waals surface area contributed by atoms with Gasteiger partial charge in [0, 0.05) is 11.3 Å². The van der Waals surface area contributed by atoms with Crippen molar-refractivity contribution in [2.45, 2.75) is 71.8 Å². The Kier molecular flexibility index (Phi) is 4.30. The minimum absolute atomic E-state index is 0.0961. The third-order valence-electron chi connectivity index (χ3n) is 7.94. The Morgan fingerprint density at radius 1 is 1.24 bits per heavy atom. The number of ether oxygens (including phenoxy) is 1. The Hall–Kier alpha value is -0.830. The lowest BCUT2D eigenvalue weighted by atomic mass is 9.55. The molecule has 4 fully saturated rings. The summed E-state index contributed by atoms with van der Waals surface area (Å²) < 4.78 is 5.94. The van der Waals surface area contributed by atoms with E-state index in [1.807, 2.05) is 0 Å². The molecule has 140 valence electrons. The number of carbonyl (C=O) groups excluding carboxylic acids is 1. The topological polar surface area (TPSA) is 30.7 Å². The van der Waals surface area contributed by atoms with Gasteiger partial charge in [-0.15, -0.1) is 0 Å². The first-order valence-corrected chi connectivity index (χ1v) is 10.5. The monoisotopic (exact) mass is 346 g/mol. The van der Waals surface area contributed by atoms with Crippen LogP contribution < -0.4 is 4.90 Å². The van der Waals surface area contributed by atoms with Gasteiger partial charge in [0.15, 0.2) is 0 Å². The molecule has 3 nitrogen and oxygen atoms in total. The van der Waals surface area contributed by atoms with Crippen molar-refractivity contribution in [2.75, 3.05) is 19.6 Å². The smallest absolute Gasteiger partial charge is 0.315 e. The lowest BCUT2D eigenvalue weighted by molar-refractivity contribution is -0.914. The molecular weight excluding hydrogens is 310 g/mol. The van der Waals surface area contributed by atoms with E-state index < -0.39 is 0 Å². The minimum atomic E-state index is 0.0961. The Morgan fingerprint density at radius 2 is 2.04 bits per heavy atom. The number of hydrogen-bond acceptors (Lipinski definition) is 2. The summed E-state index contributed by atoms with van der Waals surface area (Å²) in [5, 5.41) is 0. The van der Waals surface area contributed by atoms with Gasteiger partial charge in [0.1, 0.15) is 12.0 Å². The van der Waals surface area contributed by atoms with E-state index in [0.717, 1.165) is 19.4 Å². The molecule has 4 rings (SSSR count). The fraction of sp³-hybridized carbons (Fsp3) is 0.864. The number of nitrogens with one attached hydrogen (secondary N) is 1. The van der Waals surface area contributed by atoms with Gasteiger partial charge in [-0.2, -0.15) is 0 Å². The molecule has 4 aliphatic rings. The highest BCUT2D eigenvalue weighted by Gasteiger charge is 2.56. The number of quaternary nitrogens is 1. The molecule has 0 amide bonds. The van der Waals surface area contributed by atoms with Gasteiger partial charge in [-0.05, 0) is 56.3 Å². The number of rotatable bonds is 2. The van der Waals surface area contributed by atoms with Crippen molar-refractivity contribution in [2.24, 2.45) is 28.6 Å². The van der Waals surface area contributed by atoms with E-state index in [9.17, 15) is 4.79 Å². The molecule has 2 saturated heterocycles. The highest BCUT2D eigenvalue weighted by molar-refractivity contribution is 5.75. The SMILES string of the molecule is C=C1CCC[C@]2(C)C[C@H]3OC(=O)[C@H](C[NH+]4CCCC(C)(C)C4)[C@H]3C[C@@H]12. The van der Waals surface area contributed by atoms with E-state index in [0.29, 0.717) is 22.7 Å². The average Bonchev–Trinajstić information content (AvgIpc) is 2.79. The standard InChI is InChI=1S/C22H35NO2/c1-15-7-5-9-22(4)12-19-16(11-18(15)22)17(20(24)25-19)13-23-10-6-8-21(2,3)14-23/h16-19H,1,5-14H2,2-4H3/p+1/t16-,17-,18+,19-,22-/m1/s1. The second kappa shape index (κ2) is 6.11. The molecule has 3 heteroatoms. The first-order chi connectivity index (χ1) is 11.8. The van der Waals surface area contributed by atoms with E-state index in [4.69, 9.17) is 4.74 Å². The number of allylic oxidation sites excluding steroid dienone is 1. The molecule has 2 heterocycles. The average molecular weight is 347 g/mol. The first kappa shape index (κ1) is 17.6. The summed E-state index contributed by atoms with van der Waals surface area (Å²) >= 11 is 0. The molecule has 2 aliphatic carbocycles. The van der Waals surface area contributed by atoms with E-state index in [1.54, 1.807) is 4.90 Å². The Morgan fingerprint density at radius 3 is 2.80 bits per heavy atom. The lowest BCUT2D eigenvalue weighted by Crippen LogP contribution is -3.15. The first-order valence-electron chi connectivity index (χ1n) is 10.5. The van der Waals surface area contributed by atoms with E-state index in [-0.39, 0.29) is 18.0 Å². The van der Waals surface area contributed by atoms with Gasteiger partial charge < -0.3 is 9.64 Å². The van der Waals surface area contributed by atoms with Crippen LogP contribution in [0.15, 0.2) is 12.2 Å². The number of likely N-dealkylation sites (tertiary alicyclic amines) is 1.